The molecule has 1 aromatic heterocycles. The molecule has 4 rings (SSSR count). The molecule has 7 nitrogen and oxygen atoms in total. The fraction of sp³-hybridized carbons (Fsp3) is 0.227. The Balaban J connectivity index is 1.35. The number of aliphatic hydroxyl groups is 1. The Labute approximate surface area is 191 Å². The Hall–Kier alpha value is -2.88. The monoisotopic (exact) mass is 454 g/mol. The van der Waals surface area contributed by atoms with Crippen molar-refractivity contribution < 1.29 is 9.84 Å². The van der Waals surface area contributed by atoms with Crippen LogP contribution in [0.15, 0.2) is 54.6 Å². The lowest BCUT2D eigenvalue weighted by Crippen LogP contribution is -2.33. The minimum atomic E-state index is -0.386. The Morgan fingerprint density at radius 3 is 2.74 bits per heavy atom. The molecule has 161 valence electrons. The third-order valence-corrected chi connectivity index (χ3v) is 5.24. The molecule has 0 aliphatic carbocycles. The molecule has 9 heteroatoms. The summed E-state index contributed by atoms with van der Waals surface area (Å²) in [6.45, 7) is 3.08. The maximum absolute atomic E-state index is 9.86. The van der Waals surface area contributed by atoms with E-state index in [2.05, 4.69) is 25.5 Å². The highest BCUT2D eigenvalue weighted by Crippen LogP contribution is 2.26. The third kappa shape index (κ3) is 6.06. The number of aromatic amines is 2. The van der Waals surface area contributed by atoms with Crippen LogP contribution in [-0.2, 0) is 0 Å². The van der Waals surface area contributed by atoms with Crippen LogP contribution in [0.2, 0.25) is 0 Å². The molecule has 3 aromatic rings. The zero-order chi connectivity index (χ0) is 21.6. The van der Waals surface area contributed by atoms with Gasteiger partial charge in [-0.25, -0.2) is 0 Å². The van der Waals surface area contributed by atoms with Crippen molar-refractivity contribution in [3.8, 4) is 5.75 Å². The molecule has 0 spiro atoms. The molecule has 1 fully saturated rings. The Kier molecular flexibility index (Phi) is 6.86. The van der Waals surface area contributed by atoms with Gasteiger partial charge >= 0.3 is 0 Å². The van der Waals surface area contributed by atoms with Crippen LogP contribution in [0.1, 0.15) is 12.8 Å². The number of piperidine rings is 1. The van der Waals surface area contributed by atoms with Gasteiger partial charge in [-0.3, -0.25) is 0 Å². The van der Waals surface area contributed by atoms with Crippen LogP contribution < -0.4 is 20.3 Å². The first-order valence-electron chi connectivity index (χ1n) is 10.0. The van der Waals surface area contributed by atoms with Crippen molar-refractivity contribution in [2.24, 2.45) is 0 Å². The lowest BCUT2D eigenvalue weighted by atomic mass is 10.1. The van der Waals surface area contributed by atoms with E-state index in [0.29, 0.717) is 16.1 Å². The number of nitrogens with zero attached hydrogens (tertiary/aromatic N) is 1. The van der Waals surface area contributed by atoms with Crippen molar-refractivity contribution in [3.63, 3.8) is 0 Å². The number of hydrogen-bond donors (Lipinski definition) is 5. The summed E-state index contributed by atoms with van der Waals surface area (Å²) >= 11 is 10.3. The number of aromatic nitrogens is 2. The first-order chi connectivity index (χ1) is 15.0. The van der Waals surface area contributed by atoms with E-state index in [1.54, 1.807) is 6.07 Å². The van der Waals surface area contributed by atoms with E-state index in [1.165, 1.54) is 0 Å². The van der Waals surface area contributed by atoms with Crippen LogP contribution in [0, 0.1) is 16.0 Å². The second-order valence-electron chi connectivity index (χ2n) is 7.22. The van der Waals surface area contributed by atoms with Crippen molar-refractivity contribution >= 4 is 47.3 Å². The van der Waals surface area contributed by atoms with Gasteiger partial charge < -0.3 is 35.3 Å². The quantitative estimate of drug-likeness (QED) is 0.250. The van der Waals surface area contributed by atoms with Gasteiger partial charge in [-0.05, 0) is 55.4 Å². The van der Waals surface area contributed by atoms with Gasteiger partial charge in [-0.15, -0.1) is 0 Å². The van der Waals surface area contributed by atoms with Crippen LogP contribution in [0.4, 0.5) is 22.9 Å². The third-order valence-electron chi connectivity index (χ3n) is 4.82. The van der Waals surface area contributed by atoms with E-state index in [4.69, 9.17) is 29.2 Å². The number of H-pyrrole nitrogens is 2. The molecule has 2 aromatic carbocycles. The highest BCUT2D eigenvalue weighted by molar-refractivity contribution is 7.72. The van der Waals surface area contributed by atoms with Gasteiger partial charge in [-0.1, -0.05) is 24.4 Å². The number of nitrogens with one attached hydrogen (secondary N) is 4. The van der Waals surface area contributed by atoms with Crippen molar-refractivity contribution in [2.45, 2.75) is 18.9 Å². The topological polar surface area (TPSA) is 88.3 Å². The fourth-order valence-electron chi connectivity index (χ4n) is 3.40. The molecule has 0 amide bonds. The highest BCUT2D eigenvalue weighted by atomic mass is 32.1. The first kappa shape index (κ1) is 21.4. The number of ether oxygens (including phenoxy) is 1. The average molecular weight is 455 g/mol. The molecule has 0 saturated carbocycles. The molecule has 1 unspecified atom stereocenters. The zero-order valence-corrected chi connectivity index (χ0v) is 18.4. The second kappa shape index (κ2) is 9.95. The summed E-state index contributed by atoms with van der Waals surface area (Å²) in [5.41, 5.74) is 2.81. The minimum absolute atomic E-state index is 0.318. The number of anilines is 4. The van der Waals surface area contributed by atoms with E-state index in [9.17, 15) is 5.11 Å². The summed E-state index contributed by atoms with van der Waals surface area (Å²) in [5.74, 6) is 1.48. The SMILES string of the molecule is OC1[CH]N(c2cccc(OCNc3cccc(Nc4cc(=S)[nH]c(=S)[nH]4)c3)c2)CCC1. The van der Waals surface area contributed by atoms with Crippen molar-refractivity contribution in [2.75, 3.05) is 28.8 Å². The standard InChI is InChI=1S/C22H24N5O2S2/c28-18-7-3-9-27(13-18)17-6-2-8-19(11-17)29-14-23-15-4-1-5-16(10-15)24-20-12-21(30)26-22(31)25-20/h1-2,4-6,8,10-13,18,23,28H,3,7,9,14H2,(H3,24,25,26,30,31). The number of rotatable bonds is 7. The van der Waals surface area contributed by atoms with Crippen molar-refractivity contribution in [3.05, 3.63) is 70.6 Å². The van der Waals surface area contributed by atoms with Crippen LogP contribution in [0.3, 0.4) is 0 Å². The number of aliphatic hydroxyl groups excluding tert-OH is 1. The molecule has 31 heavy (non-hydrogen) atoms. The van der Waals surface area contributed by atoms with Gasteiger partial charge in [-0.2, -0.15) is 0 Å². The van der Waals surface area contributed by atoms with Gasteiger partial charge in [0.05, 0.1) is 12.6 Å². The van der Waals surface area contributed by atoms with Crippen molar-refractivity contribution in [1.82, 2.24) is 9.97 Å². The smallest absolute Gasteiger partial charge is 0.177 e. The Morgan fingerprint density at radius 2 is 1.90 bits per heavy atom. The van der Waals surface area contributed by atoms with Crippen LogP contribution in [-0.4, -0.2) is 34.5 Å². The highest BCUT2D eigenvalue weighted by Gasteiger charge is 2.18. The van der Waals surface area contributed by atoms with Gasteiger partial charge in [0.25, 0.3) is 0 Å². The maximum Gasteiger partial charge on any atom is 0.177 e. The number of benzene rings is 2. The maximum atomic E-state index is 9.86. The van der Waals surface area contributed by atoms with E-state index >= 15 is 0 Å². The van der Waals surface area contributed by atoms with Crippen LogP contribution in [0.5, 0.6) is 5.75 Å². The normalized spacial score (nSPS) is 16.0. The molecule has 1 radical (unpaired) electrons. The molecule has 5 N–H and O–H groups in total. The zero-order valence-electron chi connectivity index (χ0n) is 16.8. The Bertz CT molecular complexity index is 1120. The lowest BCUT2D eigenvalue weighted by Gasteiger charge is -2.31. The molecule has 1 atom stereocenters. The van der Waals surface area contributed by atoms with E-state index in [0.717, 1.165) is 48.0 Å². The van der Waals surface area contributed by atoms with E-state index < -0.39 is 0 Å². The second-order valence-corrected chi connectivity index (χ2v) is 8.07. The molecule has 1 saturated heterocycles. The number of hydrogen-bond acceptors (Lipinski definition) is 7. The molecule has 2 heterocycles. The first-order valence-corrected chi connectivity index (χ1v) is 10.8. The lowest BCUT2D eigenvalue weighted by molar-refractivity contribution is 0.179. The summed E-state index contributed by atoms with van der Waals surface area (Å²) in [6.07, 6.45) is 1.39. The minimum Gasteiger partial charge on any atom is -0.473 e. The molecular weight excluding hydrogens is 430 g/mol. The van der Waals surface area contributed by atoms with E-state index in [1.807, 2.05) is 55.1 Å². The van der Waals surface area contributed by atoms with Crippen LogP contribution >= 0.6 is 24.4 Å². The van der Waals surface area contributed by atoms with Crippen LogP contribution in [0.25, 0.3) is 0 Å². The van der Waals surface area contributed by atoms with Crippen molar-refractivity contribution in [1.29, 1.82) is 0 Å². The Morgan fingerprint density at radius 1 is 1.06 bits per heavy atom. The molecule has 0 bridgehead atoms. The summed E-state index contributed by atoms with van der Waals surface area (Å²) in [6, 6.07) is 17.5. The van der Waals surface area contributed by atoms with Gasteiger partial charge in [0, 0.05) is 35.7 Å². The summed E-state index contributed by atoms with van der Waals surface area (Å²) in [5, 5.41) is 16.4. The summed E-state index contributed by atoms with van der Waals surface area (Å²) in [4.78, 5) is 7.97. The fourth-order valence-corrected chi connectivity index (χ4v) is 3.90. The molecular formula is C22H24N5O2S2. The largest absolute Gasteiger partial charge is 0.473 e. The van der Waals surface area contributed by atoms with Gasteiger partial charge in [0.1, 0.15) is 16.2 Å². The van der Waals surface area contributed by atoms with Gasteiger partial charge in [0.2, 0.25) is 0 Å². The summed E-state index contributed by atoms with van der Waals surface area (Å²) in [7, 11) is 0. The summed E-state index contributed by atoms with van der Waals surface area (Å²) < 4.78 is 6.92. The predicted octanol–water partition coefficient (Wildman–Crippen LogP) is 5.12. The molecule has 1 aliphatic heterocycles. The molecule has 1 aliphatic rings. The predicted molar refractivity (Wildman–Crippen MR) is 129 cm³/mol. The van der Waals surface area contributed by atoms with Gasteiger partial charge in [0.15, 0.2) is 11.5 Å². The average Bonchev–Trinajstić information content (AvgIpc) is 2.74. The van der Waals surface area contributed by atoms with E-state index in [-0.39, 0.29) is 6.10 Å².